The van der Waals surface area contributed by atoms with Gasteiger partial charge in [-0.2, -0.15) is 0 Å². The molecule has 0 bridgehead atoms. The van der Waals surface area contributed by atoms with Crippen LogP contribution in [0.4, 0.5) is 5.69 Å². The molecule has 4 aromatic rings. The topological polar surface area (TPSA) is 85.6 Å². The molecule has 0 unspecified atom stereocenters. The van der Waals surface area contributed by atoms with E-state index in [0.29, 0.717) is 35.0 Å². The van der Waals surface area contributed by atoms with Crippen LogP contribution in [0.15, 0.2) is 65.1 Å². The lowest BCUT2D eigenvalue weighted by Crippen LogP contribution is -2.37. The van der Waals surface area contributed by atoms with Crippen molar-refractivity contribution in [3.05, 3.63) is 71.8 Å². The molecule has 0 saturated heterocycles. The van der Waals surface area contributed by atoms with E-state index >= 15 is 0 Å². The highest BCUT2D eigenvalue weighted by atomic mass is 32.1. The van der Waals surface area contributed by atoms with Crippen LogP contribution in [0.25, 0.3) is 22.6 Å². The van der Waals surface area contributed by atoms with E-state index in [4.69, 9.17) is 26.1 Å². The maximum Gasteiger partial charge on any atom is 0.264 e. The number of anilines is 1. The standard InChI is InChI=1S/C26H25N3O4S/c1-4-31-20-8-5-18(6-9-20)25-28-22-14-19(7-10-23(22)33-25)27-26(34)29-24(30)15-32-21-12-16(2)11-17(3)13-21/h5-14H,4,15H2,1-3H3,(H2,27,29,30,34). The summed E-state index contributed by atoms with van der Waals surface area (Å²) in [5.41, 5.74) is 4.98. The summed E-state index contributed by atoms with van der Waals surface area (Å²) in [4.78, 5) is 16.8. The van der Waals surface area contributed by atoms with E-state index in [1.807, 2.05) is 63.2 Å². The van der Waals surface area contributed by atoms with Crippen molar-refractivity contribution in [2.75, 3.05) is 18.5 Å². The van der Waals surface area contributed by atoms with Crippen LogP contribution in [-0.4, -0.2) is 29.2 Å². The Balaban J connectivity index is 1.36. The van der Waals surface area contributed by atoms with Gasteiger partial charge < -0.3 is 19.2 Å². The smallest absolute Gasteiger partial charge is 0.264 e. The van der Waals surface area contributed by atoms with Crippen molar-refractivity contribution in [3.8, 4) is 23.0 Å². The van der Waals surface area contributed by atoms with Gasteiger partial charge in [-0.3, -0.25) is 10.1 Å². The van der Waals surface area contributed by atoms with Gasteiger partial charge >= 0.3 is 0 Å². The lowest BCUT2D eigenvalue weighted by atomic mass is 10.1. The Bertz CT molecular complexity index is 1310. The van der Waals surface area contributed by atoms with Gasteiger partial charge in [0.05, 0.1) is 6.61 Å². The van der Waals surface area contributed by atoms with Crippen molar-refractivity contribution in [3.63, 3.8) is 0 Å². The Labute approximate surface area is 203 Å². The number of rotatable bonds is 7. The van der Waals surface area contributed by atoms with Crippen LogP contribution in [0.2, 0.25) is 0 Å². The van der Waals surface area contributed by atoms with Gasteiger partial charge in [0.1, 0.15) is 17.0 Å². The highest BCUT2D eigenvalue weighted by Crippen LogP contribution is 2.27. The molecule has 174 valence electrons. The first kappa shape index (κ1) is 23.3. The number of aryl methyl sites for hydroxylation is 2. The summed E-state index contributed by atoms with van der Waals surface area (Å²) >= 11 is 5.27. The minimum atomic E-state index is -0.350. The van der Waals surface area contributed by atoms with Gasteiger partial charge in [0.2, 0.25) is 5.89 Å². The fourth-order valence-electron chi connectivity index (χ4n) is 3.48. The number of amides is 1. The van der Waals surface area contributed by atoms with Crippen molar-refractivity contribution in [1.29, 1.82) is 0 Å². The molecular formula is C26H25N3O4S. The normalized spacial score (nSPS) is 10.7. The number of aromatic nitrogens is 1. The summed E-state index contributed by atoms with van der Waals surface area (Å²) in [5.74, 6) is 1.60. The highest BCUT2D eigenvalue weighted by molar-refractivity contribution is 7.80. The molecule has 0 aliphatic carbocycles. The largest absolute Gasteiger partial charge is 0.494 e. The molecule has 0 aliphatic heterocycles. The number of nitrogens with one attached hydrogen (secondary N) is 2. The third-order valence-electron chi connectivity index (χ3n) is 4.88. The number of benzene rings is 3. The molecule has 8 heteroatoms. The molecule has 0 aliphatic rings. The Kier molecular flexibility index (Phi) is 7.08. The molecule has 1 heterocycles. The summed E-state index contributed by atoms with van der Waals surface area (Å²) in [7, 11) is 0. The molecule has 34 heavy (non-hydrogen) atoms. The van der Waals surface area contributed by atoms with Crippen molar-refractivity contribution < 1.29 is 18.7 Å². The molecule has 3 aromatic carbocycles. The number of hydrogen-bond donors (Lipinski definition) is 2. The van der Waals surface area contributed by atoms with Crippen LogP contribution >= 0.6 is 12.2 Å². The summed E-state index contributed by atoms with van der Waals surface area (Å²) in [6.45, 7) is 6.37. The average Bonchev–Trinajstić information content (AvgIpc) is 3.21. The first-order chi connectivity index (χ1) is 16.4. The summed E-state index contributed by atoms with van der Waals surface area (Å²) in [6, 6.07) is 18.8. The third-order valence-corrected chi connectivity index (χ3v) is 5.08. The summed E-state index contributed by atoms with van der Waals surface area (Å²) in [6.07, 6.45) is 0. The van der Waals surface area contributed by atoms with Crippen molar-refractivity contribution in [2.45, 2.75) is 20.8 Å². The first-order valence-electron chi connectivity index (χ1n) is 10.9. The minimum absolute atomic E-state index is 0.140. The lowest BCUT2D eigenvalue weighted by Gasteiger charge is -2.11. The molecule has 4 rings (SSSR count). The number of ether oxygens (including phenoxy) is 2. The van der Waals surface area contributed by atoms with Crippen molar-refractivity contribution in [1.82, 2.24) is 10.3 Å². The van der Waals surface area contributed by atoms with Crippen LogP contribution in [0, 0.1) is 13.8 Å². The van der Waals surface area contributed by atoms with E-state index in [1.165, 1.54) is 0 Å². The fourth-order valence-corrected chi connectivity index (χ4v) is 3.71. The molecule has 0 fully saturated rings. The van der Waals surface area contributed by atoms with Gasteiger partial charge in [-0.05, 0) is 98.7 Å². The van der Waals surface area contributed by atoms with Crippen LogP contribution in [-0.2, 0) is 4.79 Å². The monoisotopic (exact) mass is 475 g/mol. The molecule has 0 radical (unpaired) electrons. The highest BCUT2D eigenvalue weighted by Gasteiger charge is 2.11. The second kappa shape index (κ2) is 10.4. The van der Waals surface area contributed by atoms with Crippen LogP contribution in [0.1, 0.15) is 18.1 Å². The van der Waals surface area contributed by atoms with Crippen LogP contribution in [0.5, 0.6) is 11.5 Å². The number of nitrogens with zero attached hydrogens (tertiary/aromatic N) is 1. The lowest BCUT2D eigenvalue weighted by molar-refractivity contribution is -0.121. The van der Waals surface area contributed by atoms with Crippen LogP contribution < -0.4 is 20.1 Å². The molecule has 1 aromatic heterocycles. The van der Waals surface area contributed by atoms with E-state index in [-0.39, 0.29) is 17.6 Å². The Morgan fingerprint density at radius 3 is 2.41 bits per heavy atom. The molecule has 0 atom stereocenters. The maximum atomic E-state index is 12.2. The first-order valence-corrected chi connectivity index (χ1v) is 11.3. The van der Waals surface area contributed by atoms with Crippen molar-refractivity contribution >= 4 is 40.0 Å². The van der Waals surface area contributed by atoms with E-state index in [1.54, 1.807) is 18.2 Å². The second-order valence-electron chi connectivity index (χ2n) is 7.77. The van der Waals surface area contributed by atoms with E-state index in [2.05, 4.69) is 15.6 Å². The molecule has 1 amide bonds. The zero-order valence-corrected chi connectivity index (χ0v) is 20.0. The van der Waals surface area contributed by atoms with E-state index in [9.17, 15) is 4.79 Å². The molecular weight excluding hydrogens is 450 g/mol. The van der Waals surface area contributed by atoms with Gasteiger partial charge in [0.25, 0.3) is 5.91 Å². The maximum absolute atomic E-state index is 12.2. The molecule has 2 N–H and O–H groups in total. The number of thiocarbonyl (C=S) groups is 1. The fraction of sp³-hybridized carbons (Fsp3) is 0.192. The SMILES string of the molecule is CCOc1ccc(-c2nc3cc(NC(=S)NC(=O)COc4cc(C)cc(C)c4)ccc3o2)cc1. The predicted octanol–water partition coefficient (Wildman–Crippen LogP) is 5.40. The van der Waals surface area contributed by atoms with Gasteiger partial charge in [0, 0.05) is 11.3 Å². The Morgan fingerprint density at radius 2 is 1.71 bits per heavy atom. The average molecular weight is 476 g/mol. The molecule has 0 spiro atoms. The van der Waals surface area contributed by atoms with Crippen LogP contribution in [0.3, 0.4) is 0 Å². The zero-order chi connectivity index (χ0) is 24.1. The number of carbonyl (C=O) groups is 1. The number of oxazole rings is 1. The molecule has 7 nitrogen and oxygen atoms in total. The number of carbonyl (C=O) groups excluding carboxylic acids is 1. The minimum Gasteiger partial charge on any atom is -0.494 e. The number of fused-ring (bicyclic) bond motifs is 1. The summed E-state index contributed by atoms with van der Waals surface area (Å²) < 4.78 is 16.9. The summed E-state index contributed by atoms with van der Waals surface area (Å²) in [5, 5.41) is 5.79. The third kappa shape index (κ3) is 5.90. The molecule has 0 saturated carbocycles. The quantitative estimate of drug-likeness (QED) is 0.346. The van der Waals surface area contributed by atoms with Gasteiger partial charge in [-0.15, -0.1) is 0 Å². The second-order valence-corrected chi connectivity index (χ2v) is 8.18. The number of hydrogen-bond acceptors (Lipinski definition) is 6. The van der Waals surface area contributed by atoms with E-state index in [0.717, 1.165) is 22.4 Å². The zero-order valence-electron chi connectivity index (χ0n) is 19.2. The Morgan fingerprint density at radius 1 is 0.971 bits per heavy atom. The van der Waals surface area contributed by atoms with E-state index < -0.39 is 0 Å². The van der Waals surface area contributed by atoms with Gasteiger partial charge in [-0.25, -0.2) is 4.98 Å². The van der Waals surface area contributed by atoms with Gasteiger partial charge in [0.15, 0.2) is 17.3 Å². The Hall–Kier alpha value is -3.91. The van der Waals surface area contributed by atoms with Gasteiger partial charge in [-0.1, -0.05) is 6.07 Å². The predicted molar refractivity (Wildman–Crippen MR) is 136 cm³/mol. The van der Waals surface area contributed by atoms with Crippen molar-refractivity contribution in [2.24, 2.45) is 0 Å².